The zero-order chi connectivity index (χ0) is 24.6. The topological polar surface area (TPSA) is 113 Å². The first-order chi connectivity index (χ1) is 16.6. The minimum absolute atomic E-state index is 0.0258. The van der Waals surface area contributed by atoms with Crippen LogP contribution in [-0.2, 0) is 10.0 Å². The van der Waals surface area contributed by atoms with Crippen molar-refractivity contribution in [2.75, 3.05) is 18.0 Å². The molecular formula is C23H26F2N6O3S. The minimum atomic E-state index is -3.83. The van der Waals surface area contributed by atoms with E-state index in [9.17, 15) is 17.2 Å². The van der Waals surface area contributed by atoms with Gasteiger partial charge in [0.2, 0.25) is 10.0 Å². The molecule has 3 aromatic rings. The van der Waals surface area contributed by atoms with Crippen molar-refractivity contribution in [3.05, 3.63) is 30.0 Å². The first kappa shape index (κ1) is 22.7. The zero-order valence-corrected chi connectivity index (χ0v) is 20.2. The molecule has 0 unspecified atom stereocenters. The molecule has 0 bridgehead atoms. The number of fused-ring (bicyclic) bond motifs is 1. The number of nitrogens with zero attached hydrogens (tertiary/aromatic N) is 4. The zero-order valence-electron chi connectivity index (χ0n) is 19.4. The van der Waals surface area contributed by atoms with Crippen molar-refractivity contribution in [1.82, 2.24) is 25.4 Å². The van der Waals surface area contributed by atoms with E-state index in [1.165, 1.54) is 18.2 Å². The molecule has 9 nitrogen and oxygen atoms in total. The van der Waals surface area contributed by atoms with E-state index in [0.717, 1.165) is 32.2 Å². The summed E-state index contributed by atoms with van der Waals surface area (Å²) in [7, 11) is -3.83. The van der Waals surface area contributed by atoms with E-state index in [2.05, 4.69) is 37.2 Å². The summed E-state index contributed by atoms with van der Waals surface area (Å²) in [5.74, 6) is 0. The van der Waals surface area contributed by atoms with E-state index in [0.29, 0.717) is 23.2 Å². The first-order valence-corrected chi connectivity index (χ1v) is 13.2. The van der Waals surface area contributed by atoms with E-state index < -0.39 is 27.7 Å². The van der Waals surface area contributed by atoms with Crippen LogP contribution in [0.4, 0.5) is 14.5 Å². The number of hydrogen-bond donors (Lipinski definition) is 2. The Hall–Kier alpha value is -2.70. The van der Waals surface area contributed by atoms with Crippen LogP contribution in [0.25, 0.3) is 22.4 Å². The molecule has 2 N–H and O–H groups in total. The van der Waals surface area contributed by atoms with E-state index in [1.807, 2.05) is 6.92 Å². The molecule has 3 fully saturated rings. The van der Waals surface area contributed by atoms with Gasteiger partial charge in [-0.3, -0.25) is 0 Å². The lowest BCUT2D eigenvalue weighted by Gasteiger charge is -2.39. The summed E-state index contributed by atoms with van der Waals surface area (Å²) in [4.78, 5) is 2.25. The number of anilines is 1. The van der Waals surface area contributed by atoms with E-state index in [-0.39, 0.29) is 27.9 Å². The van der Waals surface area contributed by atoms with Crippen LogP contribution in [0.5, 0.6) is 0 Å². The van der Waals surface area contributed by atoms with Crippen molar-refractivity contribution in [3.63, 3.8) is 0 Å². The second kappa shape index (κ2) is 7.65. The van der Waals surface area contributed by atoms with Gasteiger partial charge in [0.1, 0.15) is 17.1 Å². The Balaban J connectivity index is 1.49. The van der Waals surface area contributed by atoms with Crippen LogP contribution in [0.15, 0.2) is 33.7 Å². The number of rotatable bonds is 6. The maximum absolute atomic E-state index is 13.4. The average molecular weight is 505 g/mol. The van der Waals surface area contributed by atoms with Gasteiger partial charge in [-0.15, -0.1) is 10.2 Å². The first-order valence-electron chi connectivity index (χ1n) is 11.7. The highest BCUT2D eigenvalue weighted by atomic mass is 32.2. The van der Waals surface area contributed by atoms with Crippen molar-refractivity contribution in [3.8, 4) is 11.4 Å². The third kappa shape index (κ3) is 4.17. The SMILES string of the molecule is C[C@H]1CN(c2cc(S(=O)(=O)NC3(C)CC3)cc3c(-c4ccc(C(F)F)nn4)noc23)CC2(CC2)N1. The number of sulfonamides is 1. The Morgan fingerprint density at radius 2 is 1.97 bits per heavy atom. The number of benzene rings is 1. The molecule has 1 spiro atoms. The third-order valence-corrected chi connectivity index (χ3v) is 8.72. The van der Waals surface area contributed by atoms with Gasteiger partial charge in [-0.05, 0) is 63.8 Å². The molecule has 2 aliphatic carbocycles. The molecule has 3 aliphatic rings. The molecule has 2 saturated carbocycles. The van der Waals surface area contributed by atoms with Crippen LogP contribution in [-0.4, -0.2) is 54.0 Å². The summed E-state index contributed by atoms with van der Waals surface area (Å²) in [6.45, 7) is 5.37. The van der Waals surface area contributed by atoms with Crippen molar-refractivity contribution in [1.29, 1.82) is 0 Å². The normalized spacial score (nSPS) is 22.8. The van der Waals surface area contributed by atoms with Gasteiger partial charge in [0.05, 0.1) is 16.0 Å². The predicted molar refractivity (Wildman–Crippen MR) is 125 cm³/mol. The van der Waals surface area contributed by atoms with Crippen LogP contribution in [0, 0.1) is 0 Å². The summed E-state index contributed by atoms with van der Waals surface area (Å²) in [5, 5.41) is 15.7. The fraction of sp³-hybridized carbons (Fsp3) is 0.522. The lowest BCUT2D eigenvalue weighted by molar-refractivity contribution is 0.145. The van der Waals surface area contributed by atoms with Crippen molar-refractivity contribution in [2.45, 2.75) is 68.0 Å². The van der Waals surface area contributed by atoms with Gasteiger partial charge < -0.3 is 14.7 Å². The van der Waals surface area contributed by atoms with Crippen LogP contribution in [0.2, 0.25) is 0 Å². The third-order valence-electron chi connectivity index (χ3n) is 7.10. The number of nitrogens with one attached hydrogen (secondary N) is 2. The molecule has 186 valence electrons. The minimum Gasteiger partial charge on any atom is -0.365 e. The quantitative estimate of drug-likeness (QED) is 0.525. The Kier molecular flexibility index (Phi) is 4.97. The van der Waals surface area contributed by atoms with E-state index >= 15 is 0 Å². The largest absolute Gasteiger partial charge is 0.365 e. The molecule has 1 aliphatic heterocycles. The Labute approximate surface area is 201 Å². The highest BCUT2D eigenvalue weighted by Gasteiger charge is 2.48. The van der Waals surface area contributed by atoms with Gasteiger partial charge in [-0.2, -0.15) is 0 Å². The van der Waals surface area contributed by atoms with Crippen LogP contribution in [0.1, 0.15) is 51.7 Å². The molecule has 1 saturated heterocycles. The summed E-state index contributed by atoms with van der Waals surface area (Å²) in [5.41, 5.74) is 0.691. The van der Waals surface area contributed by atoms with Gasteiger partial charge in [-0.1, -0.05) is 5.16 Å². The lowest BCUT2D eigenvalue weighted by Crippen LogP contribution is -2.57. The van der Waals surface area contributed by atoms with Gasteiger partial charge in [0, 0.05) is 30.2 Å². The van der Waals surface area contributed by atoms with Crippen molar-refractivity contribution in [2.24, 2.45) is 0 Å². The van der Waals surface area contributed by atoms with Crippen molar-refractivity contribution >= 4 is 26.7 Å². The molecule has 2 aromatic heterocycles. The molecule has 0 radical (unpaired) electrons. The second-order valence-electron chi connectivity index (χ2n) is 10.4. The second-order valence-corrected chi connectivity index (χ2v) is 12.0. The van der Waals surface area contributed by atoms with Gasteiger partial charge in [0.15, 0.2) is 5.58 Å². The summed E-state index contributed by atoms with van der Waals surface area (Å²) >= 11 is 0. The molecule has 12 heteroatoms. The molecule has 6 rings (SSSR count). The maximum atomic E-state index is 13.4. The number of hydrogen-bond acceptors (Lipinski definition) is 8. The molecule has 1 aromatic carbocycles. The number of halogens is 2. The molecular weight excluding hydrogens is 478 g/mol. The highest BCUT2D eigenvalue weighted by molar-refractivity contribution is 7.89. The Morgan fingerprint density at radius 1 is 1.20 bits per heavy atom. The monoisotopic (exact) mass is 504 g/mol. The van der Waals surface area contributed by atoms with Gasteiger partial charge in [0.25, 0.3) is 6.43 Å². The predicted octanol–water partition coefficient (Wildman–Crippen LogP) is 3.38. The number of piperazine rings is 1. The van der Waals surface area contributed by atoms with E-state index in [4.69, 9.17) is 4.52 Å². The molecule has 3 heterocycles. The number of alkyl halides is 2. The van der Waals surface area contributed by atoms with Gasteiger partial charge >= 0.3 is 0 Å². The summed E-state index contributed by atoms with van der Waals surface area (Å²) in [6.07, 6.45) is 0.937. The molecule has 1 atom stereocenters. The Bertz CT molecular complexity index is 1400. The fourth-order valence-corrected chi connectivity index (χ4v) is 6.35. The highest BCUT2D eigenvalue weighted by Crippen LogP contribution is 2.43. The van der Waals surface area contributed by atoms with Crippen LogP contribution < -0.4 is 14.9 Å². The average Bonchev–Trinajstić information content (AvgIpc) is 3.67. The van der Waals surface area contributed by atoms with Gasteiger partial charge in [-0.25, -0.2) is 21.9 Å². The summed E-state index contributed by atoms with van der Waals surface area (Å²) in [6, 6.07) is 5.94. The summed E-state index contributed by atoms with van der Waals surface area (Å²) < 4.78 is 61.2. The fourth-order valence-electron chi connectivity index (χ4n) is 4.84. The Morgan fingerprint density at radius 3 is 2.60 bits per heavy atom. The molecule has 0 amide bonds. The van der Waals surface area contributed by atoms with Crippen molar-refractivity contribution < 1.29 is 21.7 Å². The van der Waals surface area contributed by atoms with E-state index in [1.54, 1.807) is 6.07 Å². The maximum Gasteiger partial charge on any atom is 0.282 e. The smallest absolute Gasteiger partial charge is 0.282 e. The lowest BCUT2D eigenvalue weighted by atomic mass is 10.1. The standard InChI is InChI=1S/C23H26F2N6O3S/c1-13-11-31(12-23(26-13)7-8-23)18-10-14(35(32,33)30-22(2)5-6-22)9-15-19(29-34-20(15)18)16-3-4-17(21(24)25)28-27-16/h3-4,9-10,13,21,26,30H,5-8,11-12H2,1-2H3/t13-/m0/s1. The van der Waals surface area contributed by atoms with Crippen LogP contribution in [0.3, 0.4) is 0 Å². The number of aromatic nitrogens is 3. The van der Waals surface area contributed by atoms with Crippen LogP contribution >= 0.6 is 0 Å². The molecule has 35 heavy (non-hydrogen) atoms.